The summed E-state index contributed by atoms with van der Waals surface area (Å²) in [7, 11) is 0. The quantitative estimate of drug-likeness (QED) is 0.409. The summed E-state index contributed by atoms with van der Waals surface area (Å²) in [5.74, 6) is 0.151. The molecule has 0 spiro atoms. The molecule has 0 aliphatic heterocycles. The average molecular weight is 428 g/mol. The number of halogens is 1. The van der Waals surface area contributed by atoms with Gasteiger partial charge in [0.15, 0.2) is 16.5 Å². The zero-order valence-electron chi connectivity index (χ0n) is 14.8. The first-order valence-corrected chi connectivity index (χ1v) is 10.1. The van der Waals surface area contributed by atoms with Gasteiger partial charge in [0.2, 0.25) is 0 Å². The predicted octanol–water partition coefficient (Wildman–Crippen LogP) is 4.13. The van der Waals surface area contributed by atoms with Crippen LogP contribution in [0.15, 0.2) is 53.5 Å². The molecule has 0 atom stereocenters. The largest absolute Gasteiger partial charge is 0.486 e. The number of nitrogens with zero attached hydrogens (tertiary/aromatic N) is 4. The Balaban J connectivity index is 1.30. The number of aromatic nitrogens is 4. The van der Waals surface area contributed by atoms with Crippen molar-refractivity contribution in [1.29, 1.82) is 0 Å². The number of carbonyl (C=O) groups is 1. The minimum Gasteiger partial charge on any atom is -0.486 e. The van der Waals surface area contributed by atoms with Gasteiger partial charge in [-0.05, 0) is 30.3 Å². The van der Waals surface area contributed by atoms with E-state index in [1.807, 2.05) is 0 Å². The molecule has 4 aromatic rings. The van der Waals surface area contributed by atoms with Crippen LogP contribution < -0.4 is 4.74 Å². The third kappa shape index (κ3) is 4.98. The zero-order valence-corrected chi connectivity index (χ0v) is 16.5. The minimum absolute atomic E-state index is 0.0284. The van der Waals surface area contributed by atoms with E-state index in [0.29, 0.717) is 22.3 Å². The Morgan fingerprint density at radius 3 is 2.59 bits per heavy atom. The number of benzene rings is 1. The standard InChI is InChI=1S/C19H13FN4O3S2/c20-12-2-4-14(5-3-12)26-9-16-23-13(10-28-16)8-27-19(25)15-11-29-18(24-15)17-21-6-1-7-22-17/h1-7,10-11H,8-9H2. The second-order valence-corrected chi connectivity index (χ2v) is 7.46. The first-order chi connectivity index (χ1) is 14.2. The summed E-state index contributed by atoms with van der Waals surface area (Å²) in [4.78, 5) is 29.0. The number of carbonyl (C=O) groups excluding carboxylic acids is 1. The molecular weight excluding hydrogens is 415 g/mol. The van der Waals surface area contributed by atoms with Crippen LogP contribution >= 0.6 is 22.7 Å². The highest BCUT2D eigenvalue weighted by atomic mass is 32.1. The maximum Gasteiger partial charge on any atom is 0.358 e. The van der Waals surface area contributed by atoms with Crippen LogP contribution in [0.25, 0.3) is 10.8 Å². The van der Waals surface area contributed by atoms with Crippen LogP contribution in [0.4, 0.5) is 4.39 Å². The van der Waals surface area contributed by atoms with E-state index in [4.69, 9.17) is 9.47 Å². The third-order valence-electron chi connectivity index (χ3n) is 3.60. The molecule has 0 amide bonds. The van der Waals surface area contributed by atoms with Crippen LogP contribution in [0.2, 0.25) is 0 Å². The van der Waals surface area contributed by atoms with Crippen molar-refractivity contribution in [1.82, 2.24) is 19.9 Å². The normalized spacial score (nSPS) is 10.7. The fourth-order valence-corrected chi connectivity index (χ4v) is 3.67. The summed E-state index contributed by atoms with van der Waals surface area (Å²) in [5.41, 5.74) is 0.815. The SMILES string of the molecule is O=C(OCc1csc(COc2ccc(F)cc2)n1)c1csc(-c2ncccn2)n1. The molecule has 146 valence electrons. The number of esters is 1. The van der Waals surface area contributed by atoms with Crippen LogP contribution in [0.5, 0.6) is 5.75 Å². The summed E-state index contributed by atoms with van der Waals surface area (Å²) in [6.45, 7) is 0.275. The maximum absolute atomic E-state index is 12.9. The Kier molecular flexibility index (Phi) is 5.82. The van der Waals surface area contributed by atoms with Crippen molar-refractivity contribution in [2.75, 3.05) is 0 Å². The van der Waals surface area contributed by atoms with Crippen LogP contribution in [-0.2, 0) is 18.0 Å². The highest BCUT2D eigenvalue weighted by Crippen LogP contribution is 2.21. The van der Waals surface area contributed by atoms with Gasteiger partial charge in [-0.3, -0.25) is 0 Å². The first-order valence-electron chi connectivity index (χ1n) is 8.39. The van der Waals surface area contributed by atoms with Gasteiger partial charge in [-0.1, -0.05) is 0 Å². The molecular formula is C19H13FN4O3S2. The molecule has 0 N–H and O–H groups in total. The van der Waals surface area contributed by atoms with E-state index in [9.17, 15) is 9.18 Å². The van der Waals surface area contributed by atoms with Gasteiger partial charge in [0.25, 0.3) is 0 Å². The smallest absolute Gasteiger partial charge is 0.358 e. The van der Waals surface area contributed by atoms with Gasteiger partial charge in [0.05, 0.1) is 5.69 Å². The summed E-state index contributed by atoms with van der Waals surface area (Å²) in [5, 5.41) is 4.67. The molecule has 0 radical (unpaired) electrons. The molecule has 1 aromatic carbocycles. The molecule has 7 nitrogen and oxygen atoms in total. The second-order valence-electron chi connectivity index (χ2n) is 5.66. The molecule has 0 saturated carbocycles. The van der Waals surface area contributed by atoms with E-state index in [1.54, 1.807) is 41.4 Å². The lowest BCUT2D eigenvalue weighted by Gasteiger charge is -2.03. The van der Waals surface area contributed by atoms with Crippen molar-refractivity contribution in [2.45, 2.75) is 13.2 Å². The van der Waals surface area contributed by atoms with Gasteiger partial charge in [0, 0.05) is 23.2 Å². The molecule has 0 unspecified atom stereocenters. The lowest BCUT2D eigenvalue weighted by atomic mass is 10.3. The molecule has 3 aromatic heterocycles. The first kappa shape index (κ1) is 19.1. The molecule has 0 fully saturated rings. The molecule has 4 rings (SSSR count). The highest BCUT2D eigenvalue weighted by molar-refractivity contribution is 7.13. The third-order valence-corrected chi connectivity index (χ3v) is 5.31. The molecule has 29 heavy (non-hydrogen) atoms. The minimum atomic E-state index is -0.541. The lowest BCUT2D eigenvalue weighted by Crippen LogP contribution is -2.06. The van der Waals surface area contributed by atoms with Gasteiger partial charge < -0.3 is 9.47 Å². The summed E-state index contributed by atoms with van der Waals surface area (Å²) < 4.78 is 23.7. The van der Waals surface area contributed by atoms with Crippen LogP contribution in [0.3, 0.4) is 0 Å². The summed E-state index contributed by atoms with van der Waals surface area (Å²) in [6, 6.07) is 7.47. The number of ether oxygens (including phenoxy) is 2. The van der Waals surface area contributed by atoms with Crippen molar-refractivity contribution in [3.8, 4) is 16.6 Å². The van der Waals surface area contributed by atoms with E-state index in [1.165, 1.54) is 34.8 Å². The lowest BCUT2D eigenvalue weighted by molar-refractivity contribution is 0.0462. The Hall–Kier alpha value is -3.24. The monoisotopic (exact) mass is 428 g/mol. The second kappa shape index (κ2) is 8.84. The Morgan fingerprint density at radius 1 is 1.00 bits per heavy atom. The number of rotatable bonds is 7. The topological polar surface area (TPSA) is 87.1 Å². The molecule has 0 saturated heterocycles. The zero-order chi connectivity index (χ0) is 20.1. The van der Waals surface area contributed by atoms with Gasteiger partial charge >= 0.3 is 5.97 Å². The predicted molar refractivity (Wildman–Crippen MR) is 105 cm³/mol. The summed E-state index contributed by atoms with van der Waals surface area (Å²) in [6.07, 6.45) is 3.22. The number of thiazole rings is 2. The Bertz CT molecular complexity index is 1100. The summed E-state index contributed by atoms with van der Waals surface area (Å²) >= 11 is 2.66. The van der Waals surface area contributed by atoms with E-state index >= 15 is 0 Å². The van der Waals surface area contributed by atoms with E-state index in [-0.39, 0.29) is 24.7 Å². The Labute approximate surface area is 172 Å². The van der Waals surface area contributed by atoms with Crippen molar-refractivity contribution >= 4 is 28.6 Å². The molecule has 0 aliphatic carbocycles. The van der Waals surface area contributed by atoms with Gasteiger partial charge in [0.1, 0.15) is 29.8 Å². The average Bonchev–Trinajstić information content (AvgIpc) is 3.42. The van der Waals surface area contributed by atoms with Gasteiger partial charge in [-0.25, -0.2) is 29.1 Å². The van der Waals surface area contributed by atoms with Crippen molar-refractivity contribution < 1.29 is 18.7 Å². The molecule has 0 aliphatic rings. The van der Waals surface area contributed by atoms with Crippen molar-refractivity contribution in [3.63, 3.8) is 0 Å². The number of hydrogen-bond donors (Lipinski definition) is 0. The maximum atomic E-state index is 12.9. The van der Waals surface area contributed by atoms with E-state index in [0.717, 1.165) is 5.01 Å². The number of hydrogen-bond acceptors (Lipinski definition) is 9. The van der Waals surface area contributed by atoms with E-state index in [2.05, 4.69) is 19.9 Å². The molecule has 0 bridgehead atoms. The van der Waals surface area contributed by atoms with Crippen LogP contribution in [-0.4, -0.2) is 25.9 Å². The van der Waals surface area contributed by atoms with Crippen molar-refractivity contribution in [3.05, 3.63) is 75.7 Å². The van der Waals surface area contributed by atoms with Gasteiger partial charge in [-0.2, -0.15) is 0 Å². The van der Waals surface area contributed by atoms with Crippen molar-refractivity contribution in [2.24, 2.45) is 0 Å². The van der Waals surface area contributed by atoms with Crippen LogP contribution in [0.1, 0.15) is 21.2 Å². The van der Waals surface area contributed by atoms with E-state index < -0.39 is 5.97 Å². The fraction of sp³-hybridized carbons (Fsp3) is 0.105. The highest BCUT2D eigenvalue weighted by Gasteiger charge is 2.15. The Morgan fingerprint density at radius 2 is 1.79 bits per heavy atom. The van der Waals surface area contributed by atoms with Crippen LogP contribution in [0, 0.1) is 5.82 Å². The molecule has 3 heterocycles. The fourth-order valence-electron chi connectivity index (χ4n) is 2.25. The molecule has 10 heteroatoms. The van der Waals surface area contributed by atoms with Gasteiger partial charge in [-0.15, -0.1) is 22.7 Å².